The van der Waals surface area contributed by atoms with E-state index in [1.807, 2.05) is 18.2 Å². The average Bonchev–Trinajstić information content (AvgIpc) is 3.20. The van der Waals surface area contributed by atoms with E-state index in [9.17, 15) is 14.9 Å². The Balaban J connectivity index is 1.63. The molecule has 1 amide bonds. The number of non-ortho nitro benzene ring substituents is 1. The van der Waals surface area contributed by atoms with Crippen LogP contribution in [0.25, 0.3) is 10.2 Å². The van der Waals surface area contributed by atoms with Crippen molar-refractivity contribution in [3.05, 3.63) is 61.6 Å². The molecule has 0 N–H and O–H groups in total. The Hall–Kier alpha value is -2.11. The standard InChI is InChI=1S/C21H20BrClN4O4S/c22-14-2-5-18-19(12-14)32-21(24-18)26(7-1-6-25-8-10-31-11-9-25)20(28)16-13-15(27(29)30)3-4-17(16)23/h2-5,12-13H,1,6-11H2. The first-order valence-corrected chi connectivity index (χ1v) is 12.0. The monoisotopic (exact) mass is 538 g/mol. The fraction of sp³-hybridized carbons (Fsp3) is 0.333. The van der Waals surface area contributed by atoms with Gasteiger partial charge in [-0.2, -0.15) is 0 Å². The number of ether oxygens (including phenoxy) is 1. The first-order chi connectivity index (χ1) is 15.4. The van der Waals surface area contributed by atoms with Crippen molar-refractivity contribution < 1.29 is 14.5 Å². The molecule has 32 heavy (non-hydrogen) atoms. The number of nitrogens with zero attached hydrogens (tertiary/aromatic N) is 4. The van der Waals surface area contributed by atoms with E-state index < -0.39 is 10.8 Å². The first-order valence-electron chi connectivity index (χ1n) is 10.0. The van der Waals surface area contributed by atoms with Crippen LogP contribution in [0.3, 0.4) is 0 Å². The molecular formula is C21H20BrClN4O4S. The predicted octanol–water partition coefficient (Wildman–Crippen LogP) is 4.99. The number of halogens is 2. The second-order valence-corrected chi connectivity index (χ2v) is 9.63. The highest BCUT2D eigenvalue weighted by Gasteiger charge is 2.25. The lowest BCUT2D eigenvalue weighted by Crippen LogP contribution is -2.39. The second kappa shape index (κ2) is 10.2. The Bertz CT molecular complexity index is 1150. The third-order valence-electron chi connectivity index (χ3n) is 5.17. The van der Waals surface area contributed by atoms with E-state index in [4.69, 9.17) is 16.3 Å². The molecule has 0 radical (unpaired) electrons. The maximum absolute atomic E-state index is 13.5. The highest BCUT2D eigenvalue weighted by atomic mass is 79.9. The Labute approximate surface area is 202 Å². The van der Waals surface area contributed by atoms with Crippen molar-refractivity contribution in [1.29, 1.82) is 0 Å². The minimum Gasteiger partial charge on any atom is -0.379 e. The predicted molar refractivity (Wildman–Crippen MR) is 129 cm³/mol. The number of rotatable bonds is 7. The molecule has 0 spiro atoms. The summed E-state index contributed by atoms with van der Waals surface area (Å²) in [6, 6.07) is 9.63. The van der Waals surface area contributed by atoms with E-state index in [0.29, 0.717) is 24.9 Å². The number of anilines is 1. The molecule has 4 rings (SSSR count). The van der Waals surface area contributed by atoms with Gasteiger partial charge in [0.15, 0.2) is 5.13 Å². The van der Waals surface area contributed by atoms with E-state index in [1.54, 1.807) is 4.90 Å². The summed E-state index contributed by atoms with van der Waals surface area (Å²) in [6.07, 6.45) is 0.720. The Morgan fingerprint density at radius 3 is 2.81 bits per heavy atom. The topological polar surface area (TPSA) is 88.8 Å². The molecule has 1 aliphatic heterocycles. The fourth-order valence-corrected chi connectivity index (χ4v) is 5.24. The number of carbonyl (C=O) groups is 1. The summed E-state index contributed by atoms with van der Waals surface area (Å²) in [6.45, 7) is 4.36. The van der Waals surface area contributed by atoms with Crippen LogP contribution in [0.1, 0.15) is 16.8 Å². The zero-order valence-corrected chi connectivity index (χ0v) is 20.2. The number of carbonyl (C=O) groups excluding carboxylic acids is 1. The molecule has 2 heterocycles. The third kappa shape index (κ3) is 5.26. The summed E-state index contributed by atoms with van der Waals surface area (Å²) in [7, 11) is 0. The van der Waals surface area contributed by atoms with Crippen molar-refractivity contribution in [3.8, 4) is 0 Å². The van der Waals surface area contributed by atoms with Crippen LogP contribution in [0.5, 0.6) is 0 Å². The maximum Gasteiger partial charge on any atom is 0.270 e. The first kappa shape index (κ1) is 23.1. The number of morpholine rings is 1. The van der Waals surface area contributed by atoms with Crippen molar-refractivity contribution in [2.45, 2.75) is 6.42 Å². The Morgan fingerprint density at radius 2 is 2.06 bits per heavy atom. The van der Waals surface area contributed by atoms with E-state index >= 15 is 0 Å². The van der Waals surface area contributed by atoms with Gasteiger partial charge in [0.1, 0.15) is 0 Å². The van der Waals surface area contributed by atoms with Crippen LogP contribution >= 0.6 is 38.9 Å². The van der Waals surface area contributed by atoms with Gasteiger partial charge in [-0.05, 0) is 30.7 Å². The molecular weight excluding hydrogens is 520 g/mol. The van der Waals surface area contributed by atoms with E-state index in [0.717, 1.165) is 40.7 Å². The van der Waals surface area contributed by atoms with Gasteiger partial charge in [0, 0.05) is 42.8 Å². The molecule has 0 unspecified atom stereocenters. The molecule has 168 valence electrons. The number of benzene rings is 2. The highest BCUT2D eigenvalue weighted by Crippen LogP contribution is 2.33. The molecule has 0 aliphatic carbocycles. The minimum absolute atomic E-state index is 0.0904. The molecule has 1 aliphatic rings. The quantitative estimate of drug-likeness (QED) is 0.310. The third-order valence-corrected chi connectivity index (χ3v) is 7.03. The minimum atomic E-state index is -0.537. The van der Waals surface area contributed by atoms with Gasteiger partial charge in [-0.15, -0.1) is 0 Å². The van der Waals surface area contributed by atoms with Crippen LogP contribution in [-0.2, 0) is 4.74 Å². The van der Waals surface area contributed by atoms with Crippen LogP contribution in [0.15, 0.2) is 40.9 Å². The number of aromatic nitrogens is 1. The number of hydrogen-bond donors (Lipinski definition) is 0. The molecule has 1 saturated heterocycles. The molecule has 0 saturated carbocycles. The molecule has 1 fully saturated rings. The molecule has 11 heteroatoms. The molecule has 0 atom stereocenters. The van der Waals surface area contributed by atoms with Crippen LogP contribution < -0.4 is 4.90 Å². The Kier molecular flexibility index (Phi) is 7.37. The number of nitro groups is 1. The van der Waals surface area contributed by atoms with Gasteiger partial charge in [-0.1, -0.05) is 38.9 Å². The molecule has 8 nitrogen and oxygen atoms in total. The largest absolute Gasteiger partial charge is 0.379 e. The molecule has 2 aromatic carbocycles. The van der Waals surface area contributed by atoms with Gasteiger partial charge in [0.2, 0.25) is 0 Å². The number of nitro benzene ring substituents is 1. The van der Waals surface area contributed by atoms with E-state index in [1.165, 1.54) is 29.5 Å². The van der Waals surface area contributed by atoms with Crippen molar-refractivity contribution in [2.24, 2.45) is 0 Å². The summed E-state index contributed by atoms with van der Waals surface area (Å²) in [5.41, 5.74) is 0.691. The van der Waals surface area contributed by atoms with Crippen LogP contribution in [0.2, 0.25) is 5.02 Å². The summed E-state index contributed by atoms with van der Waals surface area (Å²) >= 11 is 11.1. The lowest BCUT2D eigenvalue weighted by molar-refractivity contribution is -0.384. The highest BCUT2D eigenvalue weighted by molar-refractivity contribution is 9.10. The lowest BCUT2D eigenvalue weighted by Gasteiger charge is -2.27. The molecule has 3 aromatic rings. The van der Waals surface area contributed by atoms with Gasteiger partial charge >= 0.3 is 0 Å². The van der Waals surface area contributed by atoms with Crippen molar-refractivity contribution >= 4 is 65.8 Å². The van der Waals surface area contributed by atoms with Gasteiger partial charge in [0.25, 0.3) is 11.6 Å². The summed E-state index contributed by atoms with van der Waals surface area (Å²) < 4.78 is 7.25. The van der Waals surface area contributed by atoms with Gasteiger partial charge in [-0.3, -0.25) is 24.7 Å². The average molecular weight is 540 g/mol. The van der Waals surface area contributed by atoms with E-state index in [-0.39, 0.29) is 16.3 Å². The normalized spacial score (nSPS) is 14.6. The molecule has 1 aromatic heterocycles. The number of fused-ring (bicyclic) bond motifs is 1. The zero-order chi connectivity index (χ0) is 22.7. The maximum atomic E-state index is 13.5. The van der Waals surface area contributed by atoms with Gasteiger partial charge in [0.05, 0.1) is 38.9 Å². The second-order valence-electron chi connectivity index (χ2n) is 7.29. The van der Waals surface area contributed by atoms with E-state index in [2.05, 4.69) is 25.8 Å². The summed E-state index contributed by atoms with van der Waals surface area (Å²) in [5, 5.41) is 11.9. The summed E-state index contributed by atoms with van der Waals surface area (Å²) in [5.74, 6) is -0.404. The van der Waals surface area contributed by atoms with Crippen LogP contribution in [0, 0.1) is 10.1 Å². The lowest BCUT2D eigenvalue weighted by atomic mass is 10.1. The Morgan fingerprint density at radius 1 is 1.28 bits per heavy atom. The molecule has 0 bridgehead atoms. The number of thiazole rings is 1. The smallest absolute Gasteiger partial charge is 0.270 e. The van der Waals surface area contributed by atoms with Gasteiger partial charge in [-0.25, -0.2) is 4.98 Å². The number of amides is 1. The zero-order valence-electron chi connectivity index (χ0n) is 17.0. The van der Waals surface area contributed by atoms with Gasteiger partial charge < -0.3 is 4.74 Å². The number of hydrogen-bond acceptors (Lipinski definition) is 7. The van der Waals surface area contributed by atoms with Crippen molar-refractivity contribution in [3.63, 3.8) is 0 Å². The van der Waals surface area contributed by atoms with Crippen LogP contribution in [0.4, 0.5) is 10.8 Å². The van der Waals surface area contributed by atoms with Crippen molar-refractivity contribution in [1.82, 2.24) is 9.88 Å². The van der Waals surface area contributed by atoms with Crippen LogP contribution in [-0.4, -0.2) is 60.1 Å². The summed E-state index contributed by atoms with van der Waals surface area (Å²) in [4.78, 5) is 32.7. The van der Waals surface area contributed by atoms with Crippen molar-refractivity contribution in [2.75, 3.05) is 44.3 Å². The SMILES string of the molecule is O=C(c1cc([N+](=O)[O-])ccc1Cl)N(CCCN1CCOCC1)c1nc2ccc(Br)cc2s1. The fourth-order valence-electron chi connectivity index (χ4n) is 3.50.